The van der Waals surface area contributed by atoms with E-state index in [1.165, 1.54) is 0 Å². The smallest absolute Gasteiger partial charge is 0.162 e. The van der Waals surface area contributed by atoms with Crippen LogP contribution in [-0.2, 0) is 19.7 Å². The number of aryl methyl sites for hydroxylation is 1. The average molecular weight is 499 g/mol. The van der Waals surface area contributed by atoms with Gasteiger partial charge in [0.2, 0.25) is 0 Å². The van der Waals surface area contributed by atoms with E-state index in [1.807, 2.05) is 30.7 Å². The maximum atomic E-state index is 6.22. The van der Waals surface area contributed by atoms with Crippen LogP contribution in [0.4, 0.5) is 0 Å². The Morgan fingerprint density at radius 3 is 2.66 bits per heavy atom. The van der Waals surface area contributed by atoms with E-state index in [0.29, 0.717) is 21.5 Å². The molecule has 0 atom stereocenters. The van der Waals surface area contributed by atoms with Gasteiger partial charge in [-0.3, -0.25) is 0 Å². The van der Waals surface area contributed by atoms with Crippen LogP contribution in [0.2, 0.25) is 10.0 Å². The van der Waals surface area contributed by atoms with Gasteiger partial charge < -0.3 is 19.4 Å². The van der Waals surface area contributed by atoms with Crippen LogP contribution in [0.3, 0.4) is 0 Å². The second-order valence-corrected chi connectivity index (χ2v) is 8.08. The zero-order valence-corrected chi connectivity index (χ0v) is 19.1. The molecule has 29 heavy (non-hydrogen) atoms. The van der Waals surface area contributed by atoms with E-state index in [4.69, 9.17) is 32.7 Å². The van der Waals surface area contributed by atoms with Gasteiger partial charge >= 0.3 is 0 Å². The third-order valence-corrected chi connectivity index (χ3v) is 5.86. The maximum Gasteiger partial charge on any atom is 0.162 e. The minimum Gasteiger partial charge on any atom is -0.493 e. The Hall–Kier alpha value is -1.73. The summed E-state index contributed by atoms with van der Waals surface area (Å²) in [6.45, 7) is 2.82. The van der Waals surface area contributed by atoms with Crippen LogP contribution in [0.15, 0.2) is 53.5 Å². The normalized spacial score (nSPS) is 10.9. The summed E-state index contributed by atoms with van der Waals surface area (Å²) in [4.78, 5) is 4.05. The molecule has 3 aromatic rings. The number of hydrogen-bond acceptors (Lipinski definition) is 4. The van der Waals surface area contributed by atoms with Gasteiger partial charge in [-0.25, -0.2) is 4.98 Å². The summed E-state index contributed by atoms with van der Waals surface area (Å²) in [5, 5.41) is 4.61. The van der Waals surface area contributed by atoms with E-state index in [0.717, 1.165) is 41.7 Å². The van der Waals surface area contributed by atoms with Gasteiger partial charge in [0.15, 0.2) is 11.5 Å². The second-order valence-electron chi connectivity index (χ2n) is 6.41. The summed E-state index contributed by atoms with van der Waals surface area (Å²) in [7, 11) is 1.63. The lowest BCUT2D eigenvalue weighted by atomic mass is 10.2. The van der Waals surface area contributed by atoms with E-state index in [2.05, 4.69) is 30.8 Å². The Bertz CT molecular complexity index is 916. The minimum absolute atomic E-state index is 0.257. The summed E-state index contributed by atoms with van der Waals surface area (Å²) in [6, 6.07) is 9.27. The molecule has 0 saturated heterocycles. The van der Waals surface area contributed by atoms with E-state index in [9.17, 15) is 0 Å². The molecule has 1 N–H and O–H groups in total. The number of nitrogens with zero attached hydrogens (tertiary/aromatic N) is 2. The van der Waals surface area contributed by atoms with Gasteiger partial charge in [-0.15, -0.1) is 0 Å². The van der Waals surface area contributed by atoms with Gasteiger partial charge in [0.25, 0.3) is 0 Å². The van der Waals surface area contributed by atoms with Gasteiger partial charge in [-0.05, 0) is 42.8 Å². The van der Waals surface area contributed by atoms with Crippen molar-refractivity contribution in [1.82, 2.24) is 14.9 Å². The number of nitrogens with one attached hydrogen (secondary N) is 1. The lowest BCUT2D eigenvalue weighted by Crippen LogP contribution is -2.16. The van der Waals surface area contributed by atoms with Crippen molar-refractivity contribution < 1.29 is 9.47 Å². The Labute approximate surface area is 189 Å². The molecule has 0 saturated carbocycles. The number of methoxy groups -OCH3 is 1. The Morgan fingerprint density at radius 2 is 1.97 bits per heavy atom. The van der Waals surface area contributed by atoms with Crippen LogP contribution in [0.1, 0.15) is 17.5 Å². The van der Waals surface area contributed by atoms with Crippen molar-refractivity contribution >= 4 is 39.1 Å². The standard InChI is InChI=1S/C21H22BrCl2N3O2/c1-28-20-10-15(12-25-6-3-8-27-9-7-26-14-27)17(22)11-21(20)29-13-16-18(23)4-2-5-19(16)24/h2,4-5,7,9-11,14,25H,3,6,8,12-13H2,1H3. The van der Waals surface area contributed by atoms with Gasteiger partial charge in [0, 0.05) is 45.6 Å². The molecule has 1 aromatic heterocycles. The fourth-order valence-electron chi connectivity index (χ4n) is 2.83. The fourth-order valence-corrected chi connectivity index (χ4v) is 3.80. The van der Waals surface area contributed by atoms with Crippen LogP contribution in [-0.4, -0.2) is 23.2 Å². The third kappa shape index (κ3) is 6.12. The first-order valence-corrected chi connectivity index (χ1v) is 10.7. The van der Waals surface area contributed by atoms with Crippen molar-refractivity contribution in [2.24, 2.45) is 0 Å². The molecule has 0 spiro atoms. The largest absolute Gasteiger partial charge is 0.493 e. The Kier molecular flexibility index (Phi) is 8.24. The van der Waals surface area contributed by atoms with Gasteiger partial charge in [0.1, 0.15) is 6.61 Å². The summed E-state index contributed by atoms with van der Waals surface area (Å²) in [5.41, 5.74) is 1.84. The van der Waals surface area contributed by atoms with Crippen molar-refractivity contribution in [1.29, 1.82) is 0 Å². The minimum atomic E-state index is 0.257. The van der Waals surface area contributed by atoms with Crippen molar-refractivity contribution in [3.05, 3.63) is 74.7 Å². The van der Waals surface area contributed by atoms with Gasteiger partial charge in [0.05, 0.1) is 13.4 Å². The van der Waals surface area contributed by atoms with Crippen molar-refractivity contribution in [3.63, 3.8) is 0 Å². The number of rotatable bonds is 10. The first-order chi connectivity index (χ1) is 14.1. The van der Waals surface area contributed by atoms with E-state index in [-0.39, 0.29) is 6.61 Å². The predicted molar refractivity (Wildman–Crippen MR) is 120 cm³/mol. The topological polar surface area (TPSA) is 48.3 Å². The van der Waals surface area contributed by atoms with Crippen molar-refractivity contribution in [3.8, 4) is 11.5 Å². The molecule has 0 aliphatic rings. The summed E-state index contributed by atoms with van der Waals surface area (Å²) in [6.07, 6.45) is 6.61. The molecule has 0 fully saturated rings. The molecule has 0 unspecified atom stereocenters. The monoisotopic (exact) mass is 497 g/mol. The highest BCUT2D eigenvalue weighted by atomic mass is 79.9. The van der Waals surface area contributed by atoms with Crippen LogP contribution in [0, 0.1) is 0 Å². The van der Waals surface area contributed by atoms with Gasteiger partial charge in [-0.2, -0.15) is 0 Å². The van der Waals surface area contributed by atoms with E-state index in [1.54, 1.807) is 25.4 Å². The first kappa shape index (κ1) is 22.0. The lowest BCUT2D eigenvalue weighted by Gasteiger charge is -2.15. The van der Waals surface area contributed by atoms with Gasteiger partial charge in [-0.1, -0.05) is 45.2 Å². The summed E-state index contributed by atoms with van der Waals surface area (Å²) >= 11 is 16.1. The highest BCUT2D eigenvalue weighted by molar-refractivity contribution is 9.10. The Morgan fingerprint density at radius 1 is 1.17 bits per heavy atom. The molecule has 1 heterocycles. The molecule has 154 valence electrons. The summed E-state index contributed by atoms with van der Waals surface area (Å²) < 4.78 is 14.5. The molecule has 2 aromatic carbocycles. The first-order valence-electron chi connectivity index (χ1n) is 9.17. The number of aromatic nitrogens is 2. The molecule has 3 rings (SSSR count). The number of benzene rings is 2. The number of ether oxygens (including phenoxy) is 2. The predicted octanol–water partition coefficient (Wildman–Crippen LogP) is 5.72. The molecule has 8 heteroatoms. The molecule has 5 nitrogen and oxygen atoms in total. The SMILES string of the molecule is COc1cc(CNCCCn2ccnc2)c(Br)cc1OCc1c(Cl)cccc1Cl. The molecule has 0 aliphatic carbocycles. The molecule has 0 radical (unpaired) electrons. The van der Waals surface area contributed by atoms with Crippen molar-refractivity contribution in [2.45, 2.75) is 26.1 Å². The zero-order chi connectivity index (χ0) is 20.6. The van der Waals surface area contributed by atoms with Crippen LogP contribution < -0.4 is 14.8 Å². The van der Waals surface area contributed by atoms with Crippen LogP contribution >= 0.6 is 39.1 Å². The Balaban J connectivity index is 1.58. The summed E-state index contributed by atoms with van der Waals surface area (Å²) in [5.74, 6) is 1.28. The molecule has 0 aliphatic heterocycles. The van der Waals surface area contributed by atoms with E-state index >= 15 is 0 Å². The highest BCUT2D eigenvalue weighted by Gasteiger charge is 2.12. The average Bonchev–Trinajstić information content (AvgIpc) is 3.22. The highest BCUT2D eigenvalue weighted by Crippen LogP contribution is 2.35. The lowest BCUT2D eigenvalue weighted by molar-refractivity contribution is 0.284. The number of halogens is 3. The van der Waals surface area contributed by atoms with Crippen LogP contribution in [0.25, 0.3) is 0 Å². The molecule has 0 amide bonds. The van der Waals surface area contributed by atoms with Crippen molar-refractivity contribution in [2.75, 3.05) is 13.7 Å². The quantitative estimate of drug-likeness (QED) is 0.363. The zero-order valence-electron chi connectivity index (χ0n) is 16.0. The second kappa shape index (κ2) is 10.9. The van der Waals surface area contributed by atoms with E-state index < -0.39 is 0 Å². The molecule has 0 bridgehead atoms. The maximum absolute atomic E-state index is 6.22. The third-order valence-electron chi connectivity index (χ3n) is 4.41. The van der Waals surface area contributed by atoms with Crippen LogP contribution in [0.5, 0.6) is 11.5 Å². The molecular weight excluding hydrogens is 477 g/mol. The number of hydrogen-bond donors (Lipinski definition) is 1. The molecular formula is C21H22BrCl2N3O2. The number of imidazole rings is 1. The fraction of sp³-hybridized carbons (Fsp3) is 0.286.